The van der Waals surface area contributed by atoms with E-state index in [1.54, 1.807) is 7.11 Å². The van der Waals surface area contributed by atoms with Crippen LogP contribution in [-0.4, -0.2) is 40.1 Å². The lowest BCUT2D eigenvalue weighted by Crippen LogP contribution is -2.44. The van der Waals surface area contributed by atoms with Crippen LogP contribution in [0.15, 0.2) is 78.9 Å². The standard InChI is InChI=1S/C29H30N4O2/c1-35-23-13-11-20(12-14-23)15-16-30-29(34)26-17-22-19-33-25-10-6-5-9-24(25)31-28(33)27(22)32(26)18-21-7-3-2-4-8-21/h2-14,22,26-27H,15-19H2,1H3,(H,30,34). The number of carbonyl (C=O) groups is 1. The lowest BCUT2D eigenvalue weighted by Gasteiger charge is -2.28. The Hall–Kier alpha value is -3.64. The molecule has 1 aromatic heterocycles. The van der Waals surface area contributed by atoms with Gasteiger partial charge in [-0.3, -0.25) is 9.69 Å². The number of nitrogens with one attached hydrogen (secondary N) is 1. The molecule has 3 heterocycles. The highest BCUT2D eigenvalue weighted by molar-refractivity contribution is 5.82. The van der Waals surface area contributed by atoms with Crippen molar-refractivity contribution in [2.75, 3.05) is 13.7 Å². The Morgan fingerprint density at radius 2 is 1.77 bits per heavy atom. The summed E-state index contributed by atoms with van der Waals surface area (Å²) in [5.41, 5.74) is 4.63. The van der Waals surface area contributed by atoms with Crippen molar-refractivity contribution in [3.8, 4) is 5.75 Å². The van der Waals surface area contributed by atoms with E-state index < -0.39 is 0 Å². The van der Waals surface area contributed by atoms with Gasteiger partial charge >= 0.3 is 0 Å². The van der Waals surface area contributed by atoms with Crippen molar-refractivity contribution in [1.82, 2.24) is 19.8 Å². The first-order valence-electron chi connectivity index (χ1n) is 12.4. The summed E-state index contributed by atoms with van der Waals surface area (Å²) in [6, 6.07) is 26.8. The van der Waals surface area contributed by atoms with Crippen LogP contribution < -0.4 is 10.1 Å². The van der Waals surface area contributed by atoms with E-state index in [1.807, 2.05) is 24.3 Å². The smallest absolute Gasteiger partial charge is 0.237 e. The van der Waals surface area contributed by atoms with Gasteiger partial charge in [-0.1, -0.05) is 54.6 Å². The van der Waals surface area contributed by atoms with E-state index >= 15 is 0 Å². The zero-order valence-corrected chi connectivity index (χ0v) is 19.9. The quantitative estimate of drug-likeness (QED) is 0.440. The maximum absolute atomic E-state index is 13.5. The average molecular weight is 467 g/mol. The highest BCUT2D eigenvalue weighted by Crippen LogP contribution is 2.47. The van der Waals surface area contributed by atoms with Crippen LogP contribution in [0.3, 0.4) is 0 Å². The van der Waals surface area contributed by atoms with Crippen LogP contribution in [0.1, 0.15) is 29.4 Å². The molecule has 0 aliphatic carbocycles. The second kappa shape index (κ2) is 9.19. The molecule has 0 radical (unpaired) electrons. The summed E-state index contributed by atoms with van der Waals surface area (Å²) in [7, 11) is 1.67. The molecule has 1 fully saturated rings. The van der Waals surface area contributed by atoms with E-state index in [4.69, 9.17) is 9.72 Å². The molecular weight excluding hydrogens is 436 g/mol. The second-order valence-electron chi connectivity index (χ2n) is 9.57. The van der Waals surface area contributed by atoms with Crippen LogP contribution in [0.25, 0.3) is 11.0 Å². The summed E-state index contributed by atoms with van der Waals surface area (Å²) < 4.78 is 7.60. The van der Waals surface area contributed by atoms with Gasteiger partial charge in [-0.05, 0) is 48.2 Å². The summed E-state index contributed by atoms with van der Waals surface area (Å²) in [5.74, 6) is 2.45. The summed E-state index contributed by atoms with van der Waals surface area (Å²) in [5, 5.41) is 3.22. The number of aromatic nitrogens is 2. The molecule has 3 atom stereocenters. The van der Waals surface area contributed by atoms with E-state index in [0.717, 1.165) is 43.0 Å². The fraction of sp³-hybridized carbons (Fsp3) is 0.310. The number of para-hydroxylation sites is 2. The topological polar surface area (TPSA) is 59.4 Å². The molecule has 3 aromatic carbocycles. The monoisotopic (exact) mass is 466 g/mol. The van der Waals surface area contributed by atoms with Crippen LogP contribution in [-0.2, 0) is 24.3 Å². The molecule has 6 nitrogen and oxygen atoms in total. The molecule has 35 heavy (non-hydrogen) atoms. The van der Waals surface area contributed by atoms with E-state index in [-0.39, 0.29) is 18.0 Å². The number of nitrogens with zero attached hydrogens (tertiary/aromatic N) is 3. The highest BCUT2D eigenvalue weighted by atomic mass is 16.5. The van der Waals surface area contributed by atoms with Crippen molar-refractivity contribution in [3.63, 3.8) is 0 Å². The Bertz CT molecular complexity index is 1330. The molecule has 178 valence electrons. The highest BCUT2D eigenvalue weighted by Gasteiger charge is 2.50. The maximum atomic E-state index is 13.5. The fourth-order valence-electron chi connectivity index (χ4n) is 5.80. The van der Waals surface area contributed by atoms with Gasteiger partial charge in [0.2, 0.25) is 5.91 Å². The van der Waals surface area contributed by atoms with Crippen LogP contribution in [0.2, 0.25) is 0 Å². The fourth-order valence-corrected chi connectivity index (χ4v) is 5.80. The number of benzene rings is 3. The normalized spacial score (nSPS) is 21.1. The van der Waals surface area contributed by atoms with Crippen LogP contribution in [0.5, 0.6) is 5.75 Å². The van der Waals surface area contributed by atoms with E-state index in [0.29, 0.717) is 12.5 Å². The average Bonchev–Trinajstić information content (AvgIpc) is 3.54. The number of likely N-dealkylation sites (tertiary alicyclic amines) is 1. The second-order valence-corrected chi connectivity index (χ2v) is 9.57. The molecule has 4 aromatic rings. The van der Waals surface area contributed by atoms with Gasteiger partial charge in [0.05, 0.1) is 30.2 Å². The van der Waals surface area contributed by atoms with Crippen LogP contribution in [0.4, 0.5) is 0 Å². The van der Waals surface area contributed by atoms with Crippen molar-refractivity contribution < 1.29 is 9.53 Å². The Morgan fingerprint density at radius 1 is 1.00 bits per heavy atom. The minimum absolute atomic E-state index is 0.117. The van der Waals surface area contributed by atoms with Gasteiger partial charge in [0, 0.05) is 25.6 Å². The lowest BCUT2D eigenvalue weighted by atomic mass is 10.0. The largest absolute Gasteiger partial charge is 0.497 e. The van der Waals surface area contributed by atoms with Gasteiger partial charge in [-0.15, -0.1) is 0 Å². The number of hydrogen-bond acceptors (Lipinski definition) is 4. The number of rotatable bonds is 7. The maximum Gasteiger partial charge on any atom is 0.237 e. The van der Waals surface area contributed by atoms with Crippen molar-refractivity contribution in [2.45, 2.75) is 38.0 Å². The number of fused-ring (bicyclic) bond motifs is 5. The molecular formula is C29H30N4O2. The van der Waals surface area contributed by atoms with Crippen LogP contribution >= 0.6 is 0 Å². The lowest BCUT2D eigenvalue weighted by molar-refractivity contribution is -0.126. The molecule has 2 aliphatic rings. The third kappa shape index (κ3) is 4.08. The third-order valence-electron chi connectivity index (χ3n) is 7.48. The molecule has 0 bridgehead atoms. The third-order valence-corrected chi connectivity index (χ3v) is 7.48. The number of methoxy groups -OCH3 is 1. The Labute approximate surface area is 205 Å². The van der Waals surface area contributed by atoms with Gasteiger partial charge in [0.25, 0.3) is 0 Å². The first-order valence-corrected chi connectivity index (χ1v) is 12.4. The molecule has 3 unspecified atom stereocenters. The van der Waals surface area contributed by atoms with Gasteiger partial charge in [0.15, 0.2) is 0 Å². The van der Waals surface area contributed by atoms with Crippen LogP contribution in [0, 0.1) is 5.92 Å². The van der Waals surface area contributed by atoms with Gasteiger partial charge in [-0.2, -0.15) is 0 Å². The van der Waals surface area contributed by atoms with E-state index in [2.05, 4.69) is 69.4 Å². The Balaban J connectivity index is 1.22. The zero-order chi connectivity index (χ0) is 23.8. The van der Waals surface area contributed by atoms with Crippen molar-refractivity contribution in [1.29, 1.82) is 0 Å². The van der Waals surface area contributed by atoms with Crippen molar-refractivity contribution >= 4 is 16.9 Å². The molecule has 0 spiro atoms. The molecule has 1 N–H and O–H groups in total. The minimum Gasteiger partial charge on any atom is -0.497 e. The van der Waals surface area contributed by atoms with Crippen molar-refractivity contribution in [3.05, 3.63) is 95.8 Å². The number of imidazole rings is 1. The number of amides is 1. The summed E-state index contributed by atoms with van der Waals surface area (Å²) in [6.07, 6.45) is 1.65. The zero-order valence-electron chi connectivity index (χ0n) is 19.9. The molecule has 0 saturated carbocycles. The SMILES string of the molecule is COc1ccc(CCNC(=O)C2CC3Cn4c(nc5ccccc54)C3N2Cc2ccccc2)cc1. The summed E-state index contributed by atoms with van der Waals surface area (Å²) in [4.78, 5) is 20.9. The molecule has 2 aliphatic heterocycles. The number of hydrogen-bond donors (Lipinski definition) is 1. The molecule has 6 heteroatoms. The van der Waals surface area contributed by atoms with Gasteiger partial charge in [-0.25, -0.2) is 4.98 Å². The molecule has 1 saturated heterocycles. The van der Waals surface area contributed by atoms with Gasteiger partial charge in [0.1, 0.15) is 11.6 Å². The Kier molecular flexibility index (Phi) is 5.74. The number of ether oxygens (including phenoxy) is 1. The predicted molar refractivity (Wildman–Crippen MR) is 136 cm³/mol. The van der Waals surface area contributed by atoms with E-state index in [9.17, 15) is 4.79 Å². The first-order chi connectivity index (χ1) is 17.2. The molecule has 1 amide bonds. The first kappa shape index (κ1) is 21.9. The molecule has 6 rings (SSSR count). The number of carbonyl (C=O) groups excluding carboxylic acids is 1. The predicted octanol–water partition coefficient (Wildman–Crippen LogP) is 4.35. The Morgan fingerprint density at radius 3 is 2.57 bits per heavy atom. The van der Waals surface area contributed by atoms with Crippen molar-refractivity contribution in [2.24, 2.45) is 5.92 Å². The summed E-state index contributed by atoms with van der Waals surface area (Å²) in [6.45, 7) is 2.28. The van der Waals surface area contributed by atoms with Gasteiger partial charge < -0.3 is 14.6 Å². The minimum atomic E-state index is -0.158. The van der Waals surface area contributed by atoms with E-state index in [1.165, 1.54) is 16.6 Å². The summed E-state index contributed by atoms with van der Waals surface area (Å²) >= 11 is 0.